The van der Waals surface area contributed by atoms with E-state index in [0.717, 1.165) is 38.2 Å². The van der Waals surface area contributed by atoms with Crippen LogP contribution in [0.1, 0.15) is 16.7 Å². The molecule has 0 spiro atoms. The first kappa shape index (κ1) is 11.4. The lowest BCUT2D eigenvalue weighted by molar-refractivity contribution is 0.202. The number of ether oxygens (including phenoxy) is 1. The van der Waals surface area contributed by atoms with Gasteiger partial charge in [0.1, 0.15) is 0 Å². The quantitative estimate of drug-likeness (QED) is 0.783. The molecule has 0 radical (unpaired) electrons. The number of nitrogens with two attached hydrogens (primary N) is 1. The fraction of sp³-hybridized carbons (Fsp3) is 0.538. The zero-order valence-corrected chi connectivity index (χ0v) is 10.1. The number of rotatable bonds is 3. The molecule has 3 heteroatoms. The molecule has 1 aliphatic rings. The topological polar surface area (TPSA) is 38.5 Å². The molecule has 1 aliphatic heterocycles. The van der Waals surface area contributed by atoms with Crippen molar-refractivity contribution >= 4 is 5.69 Å². The third kappa shape index (κ3) is 2.36. The van der Waals surface area contributed by atoms with Crippen LogP contribution in [0.5, 0.6) is 0 Å². The number of hydrogen-bond acceptors (Lipinski definition) is 3. The van der Waals surface area contributed by atoms with Gasteiger partial charge in [-0.05, 0) is 48.7 Å². The Morgan fingerprint density at radius 2 is 2.25 bits per heavy atom. The third-order valence-corrected chi connectivity index (χ3v) is 3.22. The first-order chi connectivity index (χ1) is 7.70. The second-order valence-electron chi connectivity index (χ2n) is 4.55. The predicted molar refractivity (Wildman–Crippen MR) is 66.5 cm³/mol. The molecule has 0 aliphatic carbocycles. The van der Waals surface area contributed by atoms with Gasteiger partial charge in [-0.25, -0.2) is 0 Å². The summed E-state index contributed by atoms with van der Waals surface area (Å²) in [6, 6.07) is 4.21. The van der Waals surface area contributed by atoms with Crippen LogP contribution in [0.2, 0.25) is 0 Å². The normalized spacial score (nSPS) is 16.1. The molecule has 0 saturated heterocycles. The van der Waals surface area contributed by atoms with Gasteiger partial charge in [-0.2, -0.15) is 0 Å². The van der Waals surface area contributed by atoms with E-state index in [0.29, 0.717) is 0 Å². The number of hydrogen-bond donors (Lipinski definition) is 1. The summed E-state index contributed by atoms with van der Waals surface area (Å²) in [5.41, 5.74) is 11.1. The Hall–Kier alpha value is -1.06. The fourth-order valence-corrected chi connectivity index (χ4v) is 2.39. The minimum atomic E-state index is 0.770. The lowest BCUT2D eigenvalue weighted by atomic mass is 9.92. The third-order valence-electron chi connectivity index (χ3n) is 3.22. The van der Waals surface area contributed by atoms with Crippen molar-refractivity contribution < 1.29 is 4.74 Å². The maximum Gasteiger partial charge on any atom is 0.0502 e. The molecule has 1 heterocycles. The molecule has 2 N–H and O–H groups in total. The van der Waals surface area contributed by atoms with E-state index >= 15 is 0 Å². The minimum absolute atomic E-state index is 0.770. The Bertz CT molecular complexity index is 376. The summed E-state index contributed by atoms with van der Waals surface area (Å²) in [5.74, 6) is 0. The van der Waals surface area contributed by atoms with Crippen molar-refractivity contribution in [3.63, 3.8) is 0 Å². The molecular formula is C13H20N2O. The van der Waals surface area contributed by atoms with Gasteiger partial charge in [-0.1, -0.05) is 0 Å². The molecule has 0 fully saturated rings. The molecule has 3 nitrogen and oxygen atoms in total. The number of nitrogen functional groups attached to an aromatic ring is 1. The van der Waals surface area contributed by atoms with Crippen LogP contribution < -0.4 is 5.73 Å². The van der Waals surface area contributed by atoms with Crippen molar-refractivity contribution in [1.82, 2.24) is 4.90 Å². The predicted octanol–water partition coefficient (Wildman–Crippen LogP) is 1.45. The minimum Gasteiger partial charge on any atom is -0.399 e. The van der Waals surface area contributed by atoms with Crippen LogP contribution in [0.4, 0.5) is 5.69 Å². The highest BCUT2D eigenvalue weighted by atomic mass is 16.5. The van der Waals surface area contributed by atoms with Crippen molar-refractivity contribution in [3.8, 4) is 0 Å². The summed E-state index contributed by atoms with van der Waals surface area (Å²) in [5, 5.41) is 0. The Morgan fingerprint density at radius 3 is 3.00 bits per heavy atom. The van der Waals surface area contributed by atoms with E-state index in [1.54, 1.807) is 7.11 Å². The highest BCUT2D eigenvalue weighted by molar-refractivity contribution is 5.50. The van der Waals surface area contributed by atoms with Gasteiger partial charge >= 0.3 is 0 Å². The van der Waals surface area contributed by atoms with E-state index in [1.165, 1.54) is 16.7 Å². The van der Waals surface area contributed by atoms with Crippen LogP contribution in [-0.2, 0) is 24.1 Å². The van der Waals surface area contributed by atoms with E-state index in [4.69, 9.17) is 10.5 Å². The van der Waals surface area contributed by atoms with Gasteiger partial charge < -0.3 is 15.4 Å². The fourth-order valence-electron chi connectivity index (χ4n) is 2.39. The van der Waals surface area contributed by atoms with E-state index in [2.05, 4.69) is 24.1 Å². The van der Waals surface area contributed by atoms with Crippen LogP contribution in [0.25, 0.3) is 0 Å². The van der Waals surface area contributed by atoms with E-state index in [1.807, 2.05) is 0 Å². The second-order valence-corrected chi connectivity index (χ2v) is 4.55. The molecule has 1 aromatic rings. The lowest BCUT2D eigenvalue weighted by Gasteiger charge is -2.27. The van der Waals surface area contributed by atoms with Gasteiger partial charge in [-0.15, -0.1) is 0 Å². The number of likely N-dealkylation sites (N-methyl/N-ethyl adjacent to an activating group) is 1. The van der Waals surface area contributed by atoms with Crippen LogP contribution in [-0.4, -0.2) is 32.2 Å². The van der Waals surface area contributed by atoms with Gasteiger partial charge in [0, 0.05) is 25.9 Å². The van der Waals surface area contributed by atoms with E-state index in [-0.39, 0.29) is 0 Å². The summed E-state index contributed by atoms with van der Waals surface area (Å²) in [7, 11) is 3.90. The molecule has 1 aromatic carbocycles. The van der Waals surface area contributed by atoms with Crippen LogP contribution in [0, 0.1) is 0 Å². The smallest absolute Gasteiger partial charge is 0.0502 e. The number of nitrogens with zero attached hydrogens (tertiary/aromatic N) is 1. The molecule has 0 aromatic heterocycles. The molecule has 2 rings (SSSR count). The summed E-state index contributed by atoms with van der Waals surface area (Å²) in [6.07, 6.45) is 2.10. The second kappa shape index (κ2) is 4.85. The zero-order valence-electron chi connectivity index (χ0n) is 10.1. The van der Waals surface area contributed by atoms with Crippen molar-refractivity contribution in [2.75, 3.05) is 33.0 Å². The lowest BCUT2D eigenvalue weighted by Crippen LogP contribution is -2.27. The highest BCUT2D eigenvalue weighted by Gasteiger charge is 2.16. The maximum atomic E-state index is 5.94. The highest BCUT2D eigenvalue weighted by Crippen LogP contribution is 2.25. The first-order valence-electron chi connectivity index (χ1n) is 5.78. The number of benzene rings is 1. The molecule has 16 heavy (non-hydrogen) atoms. The van der Waals surface area contributed by atoms with E-state index < -0.39 is 0 Å². The average Bonchev–Trinajstić information content (AvgIpc) is 2.25. The molecule has 88 valence electrons. The molecule has 0 bridgehead atoms. The Balaban J connectivity index is 2.30. The zero-order chi connectivity index (χ0) is 11.5. The Morgan fingerprint density at radius 1 is 1.44 bits per heavy atom. The monoisotopic (exact) mass is 220 g/mol. The molecular weight excluding hydrogens is 200 g/mol. The van der Waals surface area contributed by atoms with Crippen LogP contribution in [0.3, 0.4) is 0 Å². The molecule has 0 unspecified atom stereocenters. The standard InChI is InChI=1S/C13H20N2O/c1-15-5-3-13-10(4-6-16-2)7-12(14)8-11(13)9-15/h7-8H,3-6,9,14H2,1-2H3. The van der Waals surface area contributed by atoms with Crippen LogP contribution >= 0.6 is 0 Å². The summed E-state index contributed by atoms with van der Waals surface area (Å²) in [6.45, 7) is 2.92. The Kier molecular flexibility index (Phi) is 3.46. The molecule has 0 amide bonds. The average molecular weight is 220 g/mol. The Labute approximate surface area is 97.2 Å². The van der Waals surface area contributed by atoms with Crippen molar-refractivity contribution in [2.24, 2.45) is 0 Å². The van der Waals surface area contributed by atoms with Gasteiger partial charge in [0.25, 0.3) is 0 Å². The SMILES string of the molecule is COCCc1cc(N)cc2c1CCN(C)C2. The number of methoxy groups -OCH3 is 1. The first-order valence-corrected chi connectivity index (χ1v) is 5.78. The van der Waals surface area contributed by atoms with Crippen molar-refractivity contribution in [3.05, 3.63) is 28.8 Å². The number of anilines is 1. The molecule has 0 atom stereocenters. The summed E-state index contributed by atoms with van der Waals surface area (Å²) in [4.78, 5) is 2.34. The summed E-state index contributed by atoms with van der Waals surface area (Å²) >= 11 is 0. The largest absolute Gasteiger partial charge is 0.399 e. The van der Waals surface area contributed by atoms with E-state index in [9.17, 15) is 0 Å². The number of fused-ring (bicyclic) bond motifs is 1. The maximum absolute atomic E-state index is 5.94. The van der Waals surface area contributed by atoms with Crippen molar-refractivity contribution in [2.45, 2.75) is 19.4 Å². The van der Waals surface area contributed by atoms with Gasteiger partial charge in [-0.3, -0.25) is 0 Å². The molecule has 0 saturated carbocycles. The van der Waals surface area contributed by atoms with Crippen LogP contribution in [0.15, 0.2) is 12.1 Å². The summed E-state index contributed by atoms with van der Waals surface area (Å²) < 4.78 is 5.15. The van der Waals surface area contributed by atoms with Gasteiger partial charge in [0.05, 0.1) is 6.61 Å². The van der Waals surface area contributed by atoms with Gasteiger partial charge in [0.15, 0.2) is 0 Å². The van der Waals surface area contributed by atoms with Crippen molar-refractivity contribution in [1.29, 1.82) is 0 Å². The van der Waals surface area contributed by atoms with Gasteiger partial charge in [0.2, 0.25) is 0 Å².